The third kappa shape index (κ3) is 1.87. The highest BCUT2D eigenvalue weighted by atomic mass is 16.5. The summed E-state index contributed by atoms with van der Waals surface area (Å²) in [7, 11) is 0. The molecular weight excluding hydrogens is 218 g/mol. The first kappa shape index (κ1) is 10.2. The smallest absolute Gasteiger partial charge is 0.154 e. The molecule has 0 radical (unpaired) electrons. The van der Waals surface area contributed by atoms with E-state index in [2.05, 4.69) is 20.1 Å². The molecule has 3 rings (SSSR count). The van der Waals surface area contributed by atoms with Crippen LogP contribution in [0.5, 0.6) is 0 Å². The highest BCUT2D eigenvalue weighted by molar-refractivity contribution is 5.91. The number of nitrogens with two attached hydrogens (primary N) is 1. The summed E-state index contributed by atoms with van der Waals surface area (Å²) in [5, 5.41) is 9.47. The number of nitrogen functional groups attached to an aromatic ring is 1. The van der Waals surface area contributed by atoms with Gasteiger partial charge in [0.05, 0.1) is 19.4 Å². The van der Waals surface area contributed by atoms with Crippen molar-refractivity contribution in [3.8, 4) is 0 Å². The number of fused-ring (bicyclic) bond motifs is 1. The zero-order chi connectivity index (χ0) is 11.7. The summed E-state index contributed by atoms with van der Waals surface area (Å²) in [6.45, 7) is 3.20. The summed E-state index contributed by atoms with van der Waals surface area (Å²) < 4.78 is 5.32. The predicted molar refractivity (Wildman–Crippen MR) is 64.8 cm³/mol. The van der Waals surface area contributed by atoms with Crippen LogP contribution in [-0.2, 0) is 4.74 Å². The monoisotopic (exact) mass is 231 g/mol. The Hall–Kier alpha value is -1.95. The number of pyridine rings is 1. The number of morpholine rings is 1. The molecule has 1 aliphatic rings. The number of hydrogen-bond acceptors (Lipinski definition) is 6. The third-order valence-electron chi connectivity index (χ3n) is 2.89. The van der Waals surface area contributed by atoms with Gasteiger partial charge in [-0.1, -0.05) is 0 Å². The van der Waals surface area contributed by atoms with Gasteiger partial charge in [0, 0.05) is 30.1 Å². The van der Waals surface area contributed by atoms with Crippen molar-refractivity contribution in [1.29, 1.82) is 0 Å². The lowest BCUT2D eigenvalue weighted by molar-refractivity contribution is 0.122. The summed E-state index contributed by atoms with van der Waals surface area (Å²) in [4.78, 5) is 6.60. The highest BCUT2D eigenvalue weighted by Gasteiger charge is 2.13. The molecule has 0 unspecified atom stereocenters. The van der Waals surface area contributed by atoms with Crippen LogP contribution in [0.3, 0.4) is 0 Å². The molecule has 0 aromatic carbocycles. The number of nitrogens with zero attached hydrogens (tertiary/aromatic N) is 4. The van der Waals surface area contributed by atoms with Crippen LogP contribution < -0.4 is 10.6 Å². The Morgan fingerprint density at radius 1 is 1.24 bits per heavy atom. The van der Waals surface area contributed by atoms with Gasteiger partial charge in [0.1, 0.15) is 5.82 Å². The van der Waals surface area contributed by atoms with Gasteiger partial charge in [0.15, 0.2) is 5.82 Å². The molecule has 6 nitrogen and oxygen atoms in total. The minimum absolute atomic E-state index is 0.444. The Kier molecular flexibility index (Phi) is 2.49. The Labute approximate surface area is 98.4 Å². The molecule has 6 heteroatoms. The topological polar surface area (TPSA) is 77.2 Å². The molecule has 3 heterocycles. The van der Waals surface area contributed by atoms with Crippen LogP contribution in [0.15, 0.2) is 18.5 Å². The molecule has 0 spiro atoms. The van der Waals surface area contributed by atoms with Crippen LogP contribution in [0, 0.1) is 0 Å². The first-order valence-corrected chi connectivity index (χ1v) is 5.54. The van der Waals surface area contributed by atoms with Crippen molar-refractivity contribution in [3.63, 3.8) is 0 Å². The maximum atomic E-state index is 5.81. The molecular formula is C11H13N5O. The first-order valence-electron chi connectivity index (χ1n) is 5.54. The molecule has 1 fully saturated rings. The van der Waals surface area contributed by atoms with Crippen molar-refractivity contribution in [2.45, 2.75) is 0 Å². The summed E-state index contributed by atoms with van der Waals surface area (Å²) in [6, 6.07) is 1.96. The third-order valence-corrected chi connectivity index (χ3v) is 2.89. The van der Waals surface area contributed by atoms with Crippen LogP contribution in [0.2, 0.25) is 0 Å². The average Bonchev–Trinajstić information content (AvgIpc) is 2.40. The second-order valence-electron chi connectivity index (χ2n) is 3.96. The average molecular weight is 231 g/mol. The molecule has 17 heavy (non-hydrogen) atoms. The van der Waals surface area contributed by atoms with E-state index < -0.39 is 0 Å². The maximum Gasteiger partial charge on any atom is 0.154 e. The van der Waals surface area contributed by atoms with Crippen LogP contribution in [-0.4, -0.2) is 41.5 Å². The van der Waals surface area contributed by atoms with E-state index in [0.29, 0.717) is 5.82 Å². The zero-order valence-corrected chi connectivity index (χ0v) is 9.33. The van der Waals surface area contributed by atoms with Gasteiger partial charge in [0.25, 0.3) is 0 Å². The van der Waals surface area contributed by atoms with E-state index in [1.165, 1.54) is 0 Å². The highest BCUT2D eigenvalue weighted by Crippen LogP contribution is 2.22. The van der Waals surface area contributed by atoms with Gasteiger partial charge < -0.3 is 15.4 Å². The number of hydrogen-bond donors (Lipinski definition) is 1. The number of ether oxygens (including phenoxy) is 1. The number of anilines is 2. The number of rotatable bonds is 1. The minimum Gasteiger partial charge on any atom is -0.382 e. The molecule has 0 aliphatic carbocycles. The van der Waals surface area contributed by atoms with Gasteiger partial charge in [-0.25, -0.2) is 4.98 Å². The van der Waals surface area contributed by atoms with Crippen molar-refractivity contribution in [3.05, 3.63) is 18.5 Å². The number of aromatic nitrogens is 3. The molecule has 0 atom stereocenters. The van der Waals surface area contributed by atoms with Crippen LogP contribution in [0.4, 0.5) is 11.6 Å². The summed E-state index contributed by atoms with van der Waals surface area (Å²) >= 11 is 0. The van der Waals surface area contributed by atoms with E-state index in [4.69, 9.17) is 10.5 Å². The van der Waals surface area contributed by atoms with Gasteiger partial charge in [0.2, 0.25) is 0 Å². The molecule has 2 aromatic heterocycles. The summed E-state index contributed by atoms with van der Waals surface area (Å²) in [6.07, 6.45) is 3.45. The predicted octanol–water partition coefficient (Wildman–Crippen LogP) is 0.444. The van der Waals surface area contributed by atoms with Crippen molar-refractivity contribution < 1.29 is 4.74 Å². The molecule has 2 N–H and O–H groups in total. The molecule has 0 amide bonds. The van der Waals surface area contributed by atoms with E-state index in [-0.39, 0.29) is 0 Å². The first-order chi connectivity index (χ1) is 8.34. The largest absolute Gasteiger partial charge is 0.382 e. The standard InChI is InChI=1S/C11H13N5O/c12-11-9-5-10(16-1-3-17-4-2-16)13-6-8(9)7-14-15-11/h5-7H,1-4H2,(H2,12,15). The molecule has 0 saturated carbocycles. The summed E-state index contributed by atoms with van der Waals surface area (Å²) in [5.74, 6) is 1.36. The second kappa shape index (κ2) is 4.14. The van der Waals surface area contributed by atoms with Crippen molar-refractivity contribution in [1.82, 2.24) is 15.2 Å². The van der Waals surface area contributed by atoms with Gasteiger partial charge in [-0.15, -0.1) is 5.10 Å². The SMILES string of the molecule is Nc1nncc2cnc(N3CCOCC3)cc12. The molecule has 1 aliphatic heterocycles. The van der Waals surface area contributed by atoms with Crippen LogP contribution >= 0.6 is 0 Å². The molecule has 2 aromatic rings. The molecule has 1 saturated heterocycles. The van der Waals surface area contributed by atoms with Gasteiger partial charge in [-0.2, -0.15) is 5.10 Å². The molecule has 88 valence electrons. The Morgan fingerprint density at radius 3 is 2.88 bits per heavy atom. The second-order valence-corrected chi connectivity index (χ2v) is 3.96. The van der Waals surface area contributed by atoms with Crippen LogP contribution in [0.25, 0.3) is 10.8 Å². The maximum absolute atomic E-state index is 5.81. The lowest BCUT2D eigenvalue weighted by Crippen LogP contribution is -2.36. The van der Waals surface area contributed by atoms with Crippen molar-refractivity contribution in [2.75, 3.05) is 36.9 Å². The van der Waals surface area contributed by atoms with Crippen LogP contribution in [0.1, 0.15) is 0 Å². The van der Waals surface area contributed by atoms with Crippen molar-refractivity contribution in [2.24, 2.45) is 0 Å². The Balaban J connectivity index is 2.03. The lowest BCUT2D eigenvalue weighted by atomic mass is 10.2. The van der Waals surface area contributed by atoms with Gasteiger partial charge >= 0.3 is 0 Å². The lowest BCUT2D eigenvalue weighted by Gasteiger charge is -2.27. The Bertz CT molecular complexity index is 538. The van der Waals surface area contributed by atoms with Crippen molar-refractivity contribution >= 4 is 22.4 Å². The normalized spacial score (nSPS) is 16.4. The quantitative estimate of drug-likeness (QED) is 0.767. The fourth-order valence-corrected chi connectivity index (χ4v) is 1.95. The van der Waals surface area contributed by atoms with E-state index in [1.807, 2.05) is 6.07 Å². The minimum atomic E-state index is 0.444. The van der Waals surface area contributed by atoms with E-state index in [0.717, 1.165) is 42.9 Å². The Morgan fingerprint density at radius 2 is 2.06 bits per heavy atom. The van der Waals surface area contributed by atoms with E-state index in [9.17, 15) is 0 Å². The fourth-order valence-electron chi connectivity index (χ4n) is 1.95. The van der Waals surface area contributed by atoms with Gasteiger partial charge in [-0.05, 0) is 6.07 Å². The molecule has 0 bridgehead atoms. The van der Waals surface area contributed by atoms with Gasteiger partial charge in [-0.3, -0.25) is 0 Å². The zero-order valence-electron chi connectivity index (χ0n) is 9.33. The van der Waals surface area contributed by atoms with E-state index >= 15 is 0 Å². The van der Waals surface area contributed by atoms with E-state index in [1.54, 1.807) is 12.4 Å². The summed E-state index contributed by atoms with van der Waals surface area (Å²) in [5.41, 5.74) is 5.81. The fraction of sp³-hybridized carbons (Fsp3) is 0.364.